The maximum absolute atomic E-state index is 12.1. The first-order chi connectivity index (χ1) is 9.15. The molecule has 98 valence electrons. The molecular weight excluding hydrogens is 240 g/mol. The first-order valence-electron chi connectivity index (χ1n) is 6.14. The van der Waals surface area contributed by atoms with E-state index < -0.39 is 11.1 Å². The maximum Gasteiger partial charge on any atom is 0.320 e. The quantitative estimate of drug-likeness (QED) is 0.619. The van der Waals surface area contributed by atoms with Gasteiger partial charge in [0.05, 0.1) is 5.69 Å². The van der Waals surface area contributed by atoms with Gasteiger partial charge in [-0.05, 0) is 25.0 Å². The Morgan fingerprint density at radius 3 is 2.58 bits per heavy atom. The summed E-state index contributed by atoms with van der Waals surface area (Å²) >= 11 is 0. The predicted octanol–water partition coefficient (Wildman–Crippen LogP) is 1.88. The number of para-hydroxylation sites is 1. The van der Waals surface area contributed by atoms with Crippen LogP contribution in [0, 0.1) is 6.92 Å². The van der Waals surface area contributed by atoms with Gasteiger partial charge in [0.2, 0.25) is 0 Å². The van der Waals surface area contributed by atoms with Crippen molar-refractivity contribution in [3.05, 3.63) is 75.6 Å². The fourth-order valence-electron chi connectivity index (χ4n) is 1.94. The molecule has 0 unspecified atom stereocenters. The van der Waals surface area contributed by atoms with Crippen LogP contribution in [0.15, 0.2) is 58.9 Å². The summed E-state index contributed by atoms with van der Waals surface area (Å²) in [5.74, 6) is 0. The second kappa shape index (κ2) is 5.52. The summed E-state index contributed by atoms with van der Waals surface area (Å²) in [5, 5.41) is 0. The predicted molar refractivity (Wildman–Crippen MR) is 75.9 cm³/mol. The van der Waals surface area contributed by atoms with Gasteiger partial charge in [-0.2, -0.15) is 0 Å². The summed E-state index contributed by atoms with van der Waals surface area (Å²) in [7, 11) is 0. The van der Waals surface area contributed by atoms with E-state index in [2.05, 4.69) is 6.58 Å². The summed E-state index contributed by atoms with van der Waals surface area (Å²) < 4.78 is 2.81. The van der Waals surface area contributed by atoms with E-state index in [1.807, 2.05) is 31.2 Å². The highest BCUT2D eigenvalue weighted by Gasteiger charge is 2.07. The molecular formula is C15H16N2O2. The smallest absolute Gasteiger partial charge is 0.309 e. The minimum atomic E-state index is -0.527. The molecule has 0 spiro atoms. The largest absolute Gasteiger partial charge is 0.320 e. The van der Waals surface area contributed by atoms with Gasteiger partial charge < -0.3 is 4.57 Å². The van der Waals surface area contributed by atoms with Crippen molar-refractivity contribution in [2.75, 3.05) is 0 Å². The number of benzene rings is 1. The van der Waals surface area contributed by atoms with E-state index in [1.54, 1.807) is 18.5 Å². The molecule has 2 aromatic rings. The summed E-state index contributed by atoms with van der Waals surface area (Å²) in [6, 6.07) is 7.47. The highest BCUT2D eigenvalue weighted by Crippen LogP contribution is 2.09. The van der Waals surface area contributed by atoms with Crippen LogP contribution in [0.1, 0.15) is 12.0 Å². The third-order valence-corrected chi connectivity index (χ3v) is 3.01. The molecule has 0 bridgehead atoms. The lowest BCUT2D eigenvalue weighted by molar-refractivity contribution is 0.656. The van der Waals surface area contributed by atoms with Crippen LogP contribution in [-0.2, 0) is 6.54 Å². The fraction of sp³-hybridized carbons (Fsp3) is 0.200. The van der Waals surface area contributed by atoms with E-state index >= 15 is 0 Å². The number of hydrogen-bond acceptors (Lipinski definition) is 2. The van der Waals surface area contributed by atoms with E-state index in [1.165, 1.54) is 9.13 Å². The van der Waals surface area contributed by atoms with Gasteiger partial charge in [-0.1, -0.05) is 24.3 Å². The third kappa shape index (κ3) is 2.57. The average Bonchev–Trinajstić information content (AvgIpc) is 2.42. The van der Waals surface area contributed by atoms with Gasteiger partial charge >= 0.3 is 11.1 Å². The molecule has 0 saturated carbocycles. The van der Waals surface area contributed by atoms with Gasteiger partial charge in [0.25, 0.3) is 0 Å². The van der Waals surface area contributed by atoms with E-state index in [4.69, 9.17) is 0 Å². The zero-order valence-corrected chi connectivity index (χ0v) is 10.9. The monoisotopic (exact) mass is 256 g/mol. The Labute approximate surface area is 111 Å². The van der Waals surface area contributed by atoms with E-state index in [0.717, 1.165) is 11.3 Å². The first kappa shape index (κ1) is 13.1. The van der Waals surface area contributed by atoms with Crippen molar-refractivity contribution in [2.45, 2.75) is 19.9 Å². The Bertz CT molecular complexity index is 711. The molecule has 0 aliphatic carbocycles. The van der Waals surface area contributed by atoms with Gasteiger partial charge in [-0.3, -0.25) is 14.2 Å². The molecule has 0 aliphatic rings. The molecule has 0 radical (unpaired) electrons. The number of aryl methyl sites for hydroxylation is 2. The second-order valence-electron chi connectivity index (χ2n) is 4.34. The molecule has 0 N–H and O–H groups in total. The molecule has 0 fully saturated rings. The zero-order valence-electron chi connectivity index (χ0n) is 10.9. The average molecular weight is 256 g/mol. The molecule has 1 heterocycles. The van der Waals surface area contributed by atoms with Gasteiger partial charge in [0, 0.05) is 18.9 Å². The topological polar surface area (TPSA) is 44.0 Å². The number of aromatic nitrogens is 2. The van der Waals surface area contributed by atoms with E-state index in [0.29, 0.717) is 13.0 Å². The van der Waals surface area contributed by atoms with Crippen molar-refractivity contribution < 1.29 is 0 Å². The van der Waals surface area contributed by atoms with E-state index in [9.17, 15) is 9.59 Å². The minimum absolute atomic E-state index is 0.478. The molecule has 0 atom stereocenters. The Hall–Kier alpha value is -2.36. The standard InChI is InChI=1S/C15H16N2O2/c1-3-4-9-16-10-11-17(15(19)14(16)18)13-8-6-5-7-12(13)2/h3,5-8,10-11H,1,4,9H2,2H3. The fourth-order valence-corrected chi connectivity index (χ4v) is 1.94. The van der Waals surface area contributed by atoms with Crippen LogP contribution in [0.5, 0.6) is 0 Å². The number of rotatable bonds is 4. The van der Waals surface area contributed by atoms with Gasteiger partial charge in [0.1, 0.15) is 0 Å². The van der Waals surface area contributed by atoms with Crippen molar-refractivity contribution in [3.8, 4) is 5.69 Å². The molecule has 19 heavy (non-hydrogen) atoms. The van der Waals surface area contributed by atoms with Crippen molar-refractivity contribution in [1.82, 2.24) is 9.13 Å². The van der Waals surface area contributed by atoms with Crippen LogP contribution in [0.4, 0.5) is 0 Å². The van der Waals surface area contributed by atoms with Crippen molar-refractivity contribution in [2.24, 2.45) is 0 Å². The summed E-state index contributed by atoms with van der Waals surface area (Å²) in [5.41, 5.74) is 0.654. The SMILES string of the molecule is C=CCCn1ccn(-c2ccccc2C)c(=O)c1=O. The number of hydrogen-bond donors (Lipinski definition) is 0. The molecule has 1 aromatic carbocycles. The lowest BCUT2D eigenvalue weighted by atomic mass is 10.2. The van der Waals surface area contributed by atoms with Crippen molar-refractivity contribution in [3.63, 3.8) is 0 Å². The lowest BCUT2D eigenvalue weighted by Crippen LogP contribution is -2.40. The zero-order chi connectivity index (χ0) is 13.8. The van der Waals surface area contributed by atoms with Crippen LogP contribution in [-0.4, -0.2) is 9.13 Å². The Morgan fingerprint density at radius 2 is 1.89 bits per heavy atom. The van der Waals surface area contributed by atoms with Crippen molar-refractivity contribution >= 4 is 0 Å². The highest BCUT2D eigenvalue weighted by atomic mass is 16.2. The summed E-state index contributed by atoms with van der Waals surface area (Å²) in [6.45, 7) is 5.99. The van der Waals surface area contributed by atoms with Crippen LogP contribution in [0.25, 0.3) is 5.69 Å². The molecule has 0 saturated heterocycles. The molecule has 2 rings (SSSR count). The Balaban J connectivity index is 2.54. The molecule has 0 aliphatic heterocycles. The number of allylic oxidation sites excluding steroid dienone is 1. The normalized spacial score (nSPS) is 10.4. The Morgan fingerprint density at radius 1 is 1.16 bits per heavy atom. The van der Waals surface area contributed by atoms with Crippen LogP contribution >= 0.6 is 0 Å². The molecule has 4 heteroatoms. The van der Waals surface area contributed by atoms with Crippen LogP contribution < -0.4 is 11.1 Å². The van der Waals surface area contributed by atoms with Crippen LogP contribution in [0.3, 0.4) is 0 Å². The van der Waals surface area contributed by atoms with Gasteiger partial charge in [-0.25, -0.2) is 0 Å². The van der Waals surface area contributed by atoms with Gasteiger partial charge in [-0.15, -0.1) is 6.58 Å². The second-order valence-corrected chi connectivity index (χ2v) is 4.34. The number of nitrogens with zero attached hydrogens (tertiary/aromatic N) is 2. The first-order valence-corrected chi connectivity index (χ1v) is 6.14. The third-order valence-electron chi connectivity index (χ3n) is 3.01. The molecule has 0 amide bonds. The Kier molecular flexibility index (Phi) is 3.80. The highest BCUT2D eigenvalue weighted by molar-refractivity contribution is 5.39. The maximum atomic E-state index is 12.1. The van der Waals surface area contributed by atoms with Crippen LogP contribution in [0.2, 0.25) is 0 Å². The summed E-state index contributed by atoms with van der Waals surface area (Å²) in [6.07, 6.45) is 5.65. The van der Waals surface area contributed by atoms with Crippen molar-refractivity contribution in [1.29, 1.82) is 0 Å². The molecule has 1 aromatic heterocycles. The minimum Gasteiger partial charge on any atom is -0.309 e. The molecule has 4 nitrogen and oxygen atoms in total. The van der Waals surface area contributed by atoms with E-state index in [-0.39, 0.29) is 0 Å². The lowest BCUT2D eigenvalue weighted by Gasteiger charge is -2.10. The summed E-state index contributed by atoms with van der Waals surface area (Å²) in [4.78, 5) is 24.1. The van der Waals surface area contributed by atoms with Gasteiger partial charge in [0.15, 0.2) is 0 Å².